The summed E-state index contributed by atoms with van der Waals surface area (Å²) in [4.78, 5) is 66.4. The van der Waals surface area contributed by atoms with Gasteiger partial charge in [-0.25, -0.2) is 28.8 Å². The molecule has 2 N–H and O–H groups in total. The zero-order valence-corrected chi connectivity index (χ0v) is 75.5. The van der Waals surface area contributed by atoms with Crippen LogP contribution >= 0.6 is 0 Å². The van der Waals surface area contributed by atoms with Crippen LogP contribution in [0.25, 0.3) is 0 Å². The topological polar surface area (TPSA) is 180 Å². The molecule has 0 bridgehead atoms. The van der Waals surface area contributed by atoms with E-state index < -0.39 is 35.8 Å². The minimum atomic E-state index is -1.26. The zero-order valence-electron chi connectivity index (χ0n) is 67.5. The Morgan fingerprint density at radius 3 is 0.380 bits per heavy atom. The number of carboxylic acid groups (broad SMARTS) is 2. The molecule has 0 amide bonds. The zero-order chi connectivity index (χ0) is 70.6. The number of carbonyl (C=O) groups is 6. The Morgan fingerprint density at radius 1 is 0.180 bits per heavy atom. The molecule has 0 aromatic heterocycles. The van der Waals surface area contributed by atoms with Gasteiger partial charge in [0.1, 0.15) is 0 Å². The van der Waals surface area contributed by atoms with E-state index in [0.29, 0.717) is 38.6 Å². The van der Waals surface area contributed by atoms with Crippen LogP contribution in [-0.4, -0.2) is 72.5 Å². The first-order valence-corrected chi connectivity index (χ1v) is 41.2. The molecule has 0 aromatic rings. The average Bonchev–Trinajstić information content (AvgIpc) is 3.24. The number of carbonyl (C=O) groups excluding carboxylic acids is 4. The summed E-state index contributed by atoms with van der Waals surface area (Å²) in [7, 11) is 0. The number of hydrogen-bond acceptors (Lipinski definition) is 10. The second-order valence-electron chi connectivity index (χ2n) is 27.6. The van der Waals surface area contributed by atoms with Gasteiger partial charge >= 0.3 is 154 Å². The molecule has 0 unspecified atom stereocenters. The Morgan fingerprint density at radius 2 is 0.280 bits per heavy atom. The molecule has 0 spiro atoms. The first-order chi connectivity index (χ1) is 47.0. The van der Waals surface area contributed by atoms with E-state index in [9.17, 15) is 28.8 Å². The first-order valence-electron chi connectivity index (χ1n) is 41.2. The standard InChI is InChI=1S/2C40H76O4.C4H4O4.4Na/c2*1-3-5-7-9-11-13-15-17-19-21-23-25-27-29-31-33-37-43-39(41)35-36-40(42)44-38-34-32-30-28-26-24-22-20-18-16-14-12-10-8-6-4-2;5-3(6)1-2-4(7)8;;;;/h2*35-36H,3-34,37-38H2,1-2H3;1-2H,(H,5,6)(H,7,8);;;;/q;;;4*+1/b2*36-35+;2-1+;;;;. The number of unbranched alkanes of at least 4 members (excludes halogenated alkanes) is 60. The van der Waals surface area contributed by atoms with Crippen molar-refractivity contribution in [1.29, 1.82) is 0 Å². The Labute approximate surface area is 706 Å². The van der Waals surface area contributed by atoms with Gasteiger partial charge in [0, 0.05) is 36.5 Å². The predicted molar refractivity (Wildman–Crippen MR) is 405 cm³/mol. The molecule has 0 aliphatic heterocycles. The molecule has 0 fully saturated rings. The van der Waals surface area contributed by atoms with Crippen molar-refractivity contribution in [2.75, 3.05) is 26.4 Å². The number of aliphatic carboxylic acids is 2. The largest absolute Gasteiger partial charge is 1.00 e. The summed E-state index contributed by atoms with van der Waals surface area (Å²) in [6.45, 7) is 10.8. The Balaban J connectivity index is -0.000000300. The summed E-state index contributed by atoms with van der Waals surface area (Å²) in [5.41, 5.74) is 0. The van der Waals surface area contributed by atoms with Crippen molar-refractivity contribution >= 4 is 35.8 Å². The average molecular weight is 1450 g/mol. The van der Waals surface area contributed by atoms with E-state index in [1.165, 1.54) is 384 Å². The molecule has 0 atom stereocenters. The molecule has 0 rings (SSSR count). The third kappa shape index (κ3) is 111. The van der Waals surface area contributed by atoms with Crippen molar-refractivity contribution < 1.29 is 176 Å². The van der Waals surface area contributed by atoms with Gasteiger partial charge in [-0.15, -0.1) is 0 Å². The fraction of sp³-hybridized carbons (Fsp3) is 0.857. The third-order valence-corrected chi connectivity index (χ3v) is 18.0. The van der Waals surface area contributed by atoms with E-state index in [0.717, 1.165) is 51.4 Å². The molecular formula is C84H156Na4O12+4. The van der Waals surface area contributed by atoms with Gasteiger partial charge in [0.15, 0.2) is 0 Å². The van der Waals surface area contributed by atoms with Crippen molar-refractivity contribution in [3.8, 4) is 0 Å². The minimum absolute atomic E-state index is 0. The molecule has 100 heavy (non-hydrogen) atoms. The van der Waals surface area contributed by atoms with Crippen molar-refractivity contribution in [1.82, 2.24) is 0 Å². The third-order valence-electron chi connectivity index (χ3n) is 18.0. The molecule has 16 heteroatoms. The van der Waals surface area contributed by atoms with Gasteiger partial charge in [-0.3, -0.25) is 0 Å². The Bertz CT molecular complexity index is 1520. The van der Waals surface area contributed by atoms with Crippen molar-refractivity contribution in [2.24, 2.45) is 0 Å². The molecule has 12 nitrogen and oxygen atoms in total. The van der Waals surface area contributed by atoms with Crippen molar-refractivity contribution in [2.45, 2.75) is 439 Å². The van der Waals surface area contributed by atoms with Crippen LogP contribution in [-0.2, 0) is 47.7 Å². The summed E-state index contributed by atoms with van der Waals surface area (Å²) in [5.74, 6) is -4.33. The van der Waals surface area contributed by atoms with Gasteiger partial charge in [0.05, 0.1) is 26.4 Å². The van der Waals surface area contributed by atoms with Crippen LogP contribution in [0, 0.1) is 0 Å². The van der Waals surface area contributed by atoms with E-state index in [-0.39, 0.29) is 118 Å². The maximum Gasteiger partial charge on any atom is 1.00 e. The van der Waals surface area contributed by atoms with Crippen molar-refractivity contribution in [3.05, 3.63) is 36.5 Å². The van der Waals surface area contributed by atoms with Gasteiger partial charge in [-0.2, -0.15) is 0 Å². The normalized spacial score (nSPS) is 10.8. The number of ether oxygens (including phenoxy) is 4. The number of hydrogen-bond donors (Lipinski definition) is 2. The summed E-state index contributed by atoms with van der Waals surface area (Å²) < 4.78 is 20.9. The second-order valence-corrected chi connectivity index (χ2v) is 27.6. The number of carboxylic acids is 2. The van der Waals surface area contributed by atoms with E-state index in [4.69, 9.17) is 29.2 Å². The molecule has 0 radical (unpaired) electrons. The maximum atomic E-state index is 11.8. The molecular weight excluding hydrogens is 1290 g/mol. The van der Waals surface area contributed by atoms with E-state index in [1.54, 1.807) is 0 Å². The monoisotopic (exact) mass is 1450 g/mol. The van der Waals surface area contributed by atoms with Crippen molar-refractivity contribution in [3.63, 3.8) is 0 Å². The van der Waals surface area contributed by atoms with Gasteiger partial charge in [0.25, 0.3) is 0 Å². The fourth-order valence-electron chi connectivity index (χ4n) is 11.9. The molecule has 0 heterocycles. The molecule has 0 aromatic carbocycles. The maximum absolute atomic E-state index is 11.8. The second kappa shape index (κ2) is 103. The molecule has 0 saturated carbocycles. The summed E-state index contributed by atoms with van der Waals surface area (Å²) in [6, 6.07) is 0. The van der Waals surface area contributed by atoms with Gasteiger partial charge < -0.3 is 29.2 Å². The van der Waals surface area contributed by atoms with Crippen LogP contribution in [0.2, 0.25) is 0 Å². The van der Waals surface area contributed by atoms with Crippen LogP contribution in [0.15, 0.2) is 36.5 Å². The van der Waals surface area contributed by atoms with Crippen LogP contribution in [0.5, 0.6) is 0 Å². The van der Waals surface area contributed by atoms with E-state index in [1.807, 2.05) is 0 Å². The Kier molecular flexibility index (Phi) is 117. The van der Waals surface area contributed by atoms with Crippen LogP contribution in [0.1, 0.15) is 439 Å². The van der Waals surface area contributed by atoms with Gasteiger partial charge in [0.2, 0.25) is 0 Å². The van der Waals surface area contributed by atoms with E-state index in [2.05, 4.69) is 27.7 Å². The smallest absolute Gasteiger partial charge is 0.478 e. The van der Waals surface area contributed by atoms with E-state index >= 15 is 0 Å². The van der Waals surface area contributed by atoms with Crippen LogP contribution < -0.4 is 118 Å². The van der Waals surface area contributed by atoms with Crippen LogP contribution in [0.3, 0.4) is 0 Å². The quantitative estimate of drug-likeness (QED) is 0.0194. The fourth-order valence-corrected chi connectivity index (χ4v) is 11.9. The summed E-state index contributed by atoms with van der Waals surface area (Å²) >= 11 is 0. The summed E-state index contributed by atoms with van der Waals surface area (Å²) in [6.07, 6.45) is 90.6. The predicted octanol–water partition coefficient (Wildman–Crippen LogP) is 14.0. The minimum Gasteiger partial charge on any atom is -0.478 e. The van der Waals surface area contributed by atoms with Crippen LogP contribution in [0.4, 0.5) is 0 Å². The Hall–Kier alpha value is 0.0400. The molecule has 0 aliphatic rings. The first kappa shape index (κ1) is 113. The molecule has 0 aliphatic carbocycles. The number of esters is 4. The molecule has 564 valence electrons. The van der Waals surface area contributed by atoms with Gasteiger partial charge in [-0.1, -0.05) is 413 Å². The number of rotatable bonds is 74. The molecule has 0 saturated heterocycles. The SMILES string of the molecule is CCCCCCCCCCCCCCCCCCOC(=O)/C=C/C(=O)OCCCCCCCCCCCCCCCCCC.CCCCCCCCCCCCCCCCCCOC(=O)/C=C/C(=O)OCCCCCCCCCCCCCCCCCC.O=C(O)/C=C/C(=O)O.[Na+].[Na+].[Na+].[Na+]. The summed E-state index contributed by atoms with van der Waals surface area (Å²) in [5, 5.41) is 15.6. The van der Waals surface area contributed by atoms with Gasteiger partial charge in [-0.05, 0) is 25.7 Å².